The standard InChI is InChI=1S/C15H22N2O3S/c1-11-5-7-13(8-6-11)15(18)17-10-12-3-2-4-14(9-12)21(16,19)20/h2-4,9,11,13H,5-8,10H2,1H3,(H,17,18)(H2,16,19,20). The minimum Gasteiger partial charge on any atom is -0.352 e. The van der Waals surface area contributed by atoms with Gasteiger partial charge >= 0.3 is 0 Å². The van der Waals surface area contributed by atoms with Crippen LogP contribution in [0.5, 0.6) is 0 Å². The Morgan fingerprint density at radius 3 is 2.57 bits per heavy atom. The fraction of sp³-hybridized carbons (Fsp3) is 0.533. The second-order valence-electron chi connectivity index (χ2n) is 5.87. The minimum atomic E-state index is -3.70. The summed E-state index contributed by atoms with van der Waals surface area (Å²) in [7, 11) is -3.70. The van der Waals surface area contributed by atoms with E-state index in [1.807, 2.05) is 0 Å². The van der Waals surface area contributed by atoms with Gasteiger partial charge < -0.3 is 5.32 Å². The predicted octanol–water partition coefficient (Wildman–Crippen LogP) is 1.78. The third-order valence-electron chi connectivity index (χ3n) is 4.08. The number of hydrogen-bond acceptors (Lipinski definition) is 3. The molecule has 1 amide bonds. The van der Waals surface area contributed by atoms with Crippen molar-refractivity contribution in [2.45, 2.75) is 44.0 Å². The maximum absolute atomic E-state index is 12.1. The van der Waals surface area contributed by atoms with Crippen LogP contribution in [0.25, 0.3) is 0 Å². The Morgan fingerprint density at radius 2 is 1.95 bits per heavy atom. The third-order valence-corrected chi connectivity index (χ3v) is 4.99. The van der Waals surface area contributed by atoms with Crippen LogP contribution in [0.4, 0.5) is 0 Å². The van der Waals surface area contributed by atoms with E-state index in [0.29, 0.717) is 12.5 Å². The molecule has 0 bridgehead atoms. The van der Waals surface area contributed by atoms with Crippen LogP contribution in [0, 0.1) is 11.8 Å². The highest BCUT2D eigenvalue weighted by Gasteiger charge is 2.23. The van der Waals surface area contributed by atoms with Gasteiger partial charge in [0, 0.05) is 12.5 Å². The van der Waals surface area contributed by atoms with Gasteiger partial charge in [-0.3, -0.25) is 4.79 Å². The highest BCUT2D eigenvalue weighted by atomic mass is 32.2. The van der Waals surface area contributed by atoms with E-state index in [1.165, 1.54) is 12.1 Å². The molecule has 0 heterocycles. The summed E-state index contributed by atoms with van der Waals surface area (Å²) < 4.78 is 22.6. The lowest BCUT2D eigenvalue weighted by molar-refractivity contribution is -0.126. The molecule has 0 atom stereocenters. The molecular weight excluding hydrogens is 288 g/mol. The number of rotatable bonds is 4. The molecule has 116 valence electrons. The lowest BCUT2D eigenvalue weighted by atomic mass is 9.82. The summed E-state index contributed by atoms with van der Waals surface area (Å²) in [5.41, 5.74) is 0.735. The monoisotopic (exact) mass is 310 g/mol. The van der Waals surface area contributed by atoms with Crippen LogP contribution in [0.15, 0.2) is 29.2 Å². The van der Waals surface area contributed by atoms with Crippen molar-refractivity contribution >= 4 is 15.9 Å². The third kappa shape index (κ3) is 4.54. The molecule has 1 aliphatic rings. The Bertz CT molecular complexity index is 605. The van der Waals surface area contributed by atoms with E-state index in [-0.39, 0.29) is 16.7 Å². The second-order valence-corrected chi connectivity index (χ2v) is 7.43. The van der Waals surface area contributed by atoms with Crippen LogP contribution in [-0.4, -0.2) is 14.3 Å². The number of carbonyl (C=O) groups is 1. The fourth-order valence-electron chi connectivity index (χ4n) is 2.69. The van der Waals surface area contributed by atoms with Gasteiger partial charge in [-0.05, 0) is 49.3 Å². The Morgan fingerprint density at radius 1 is 1.29 bits per heavy atom. The smallest absolute Gasteiger partial charge is 0.238 e. The molecule has 0 aliphatic heterocycles. The summed E-state index contributed by atoms with van der Waals surface area (Å²) in [6.07, 6.45) is 4.06. The maximum Gasteiger partial charge on any atom is 0.238 e. The van der Waals surface area contributed by atoms with Gasteiger partial charge in [-0.2, -0.15) is 0 Å². The van der Waals surface area contributed by atoms with Crippen molar-refractivity contribution in [3.63, 3.8) is 0 Å². The van der Waals surface area contributed by atoms with Crippen LogP contribution in [-0.2, 0) is 21.4 Å². The van der Waals surface area contributed by atoms with Gasteiger partial charge in [-0.25, -0.2) is 13.6 Å². The summed E-state index contributed by atoms with van der Waals surface area (Å²) in [5.74, 6) is 0.853. The highest BCUT2D eigenvalue weighted by Crippen LogP contribution is 2.28. The van der Waals surface area contributed by atoms with Crippen LogP contribution >= 0.6 is 0 Å². The molecule has 0 saturated heterocycles. The molecule has 1 fully saturated rings. The Kier molecular flexibility index (Phi) is 5.00. The van der Waals surface area contributed by atoms with Crippen molar-refractivity contribution in [3.05, 3.63) is 29.8 Å². The largest absolute Gasteiger partial charge is 0.352 e. The van der Waals surface area contributed by atoms with Crippen molar-refractivity contribution in [2.75, 3.05) is 0 Å². The van der Waals surface area contributed by atoms with Crippen molar-refractivity contribution in [2.24, 2.45) is 17.0 Å². The molecular formula is C15H22N2O3S. The first-order valence-corrected chi connectivity index (χ1v) is 8.80. The van der Waals surface area contributed by atoms with Crippen LogP contribution in [0.2, 0.25) is 0 Å². The number of nitrogens with one attached hydrogen (secondary N) is 1. The van der Waals surface area contributed by atoms with Gasteiger partial charge in [0.15, 0.2) is 0 Å². The number of amides is 1. The van der Waals surface area contributed by atoms with Crippen LogP contribution < -0.4 is 10.5 Å². The van der Waals surface area contributed by atoms with Crippen molar-refractivity contribution in [3.8, 4) is 0 Å². The first-order valence-electron chi connectivity index (χ1n) is 7.25. The number of hydrogen-bond donors (Lipinski definition) is 2. The summed E-state index contributed by atoms with van der Waals surface area (Å²) in [5, 5.41) is 7.98. The Labute approximate surface area is 126 Å². The normalized spacial score (nSPS) is 22.8. The number of benzene rings is 1. The average molecular weight is 310 g/mol. The highest BCUT2D eigenvalue weighted by molar-refractivity contribution is 7.89. The van der Waals surface area contributed by atoms with Gasteiger partial charge in [0.05, 0.1) is 4.90 Å². The van der Waals surface area contributed by atoms with Gasteiger partial charge in [0.25, 0.3) is 0 Å². The lowest BCUT2D eigenvalue weighted by Crippen LogP contribution is -2.32. The van der Waals surface area contributed by atoms with E-state index in [1.54, 1.807) is 12.1 Å². The van der Waals surface area contributed by atoms with Gasteiger partial charge in [0.2, 0.25) is 15.9 Å². The number of carbonyl (C=O) groups excluding carboxylic acids is 1. The molecule has 1 aromatic carbocycles. The van der Waals surface area contributed by atoms with E-state index in [0.717, 1.165) is 31.2 Å². The number of primary sulfonamides is 1. The van der Waals surface area contributed by atoms with E-state index < -0.39 is 10.0 Å². The first kappa shape index (κ1) is 16.0. The van der Waals surface area contributed by atoms with Gasteiger partial charge in [0.1, 0.15) is 0 Å². The molecule has 0 radical (unpaired) electrons. The maximum atomic E-state index is 12.1. The molecule has 5 nitrogen and oxygen atoms in total. The SMILES string of the molecule is CC1CCC(C(=O)NCc2cccc(S(N)(=O)=O)c2)CC1. The zero-order valence-electron chi connectivity index (χ0n) is 12.2. The number of nitrogens with two attached hydrogens (primary N) is 1. The van der Waals surface area contributed by atoms with Crippen molar-refractivity contribution < 1.29 is 13.2 Å². The summed E-state index contributed by atoms with van der Waals surface area (Å²) in [6.45, 7) is 2.54. The molecule has 21 heavy (non-hydrogen) atoms. The molecule has 1 aromatic rings. The summed E-state index contributed by atoms with van der Waals surface area (Å²) in [4.78, 5) is 12.2. The zero-order valence-corrected chi connectivity index (χ0v) is 13.0. The van der Waals surface area contributed by atoms with E-state index in [4.69, 9.17) is 5.14 Å². The first-order chi connectivity index (χ1) is 9.86. The quantitative estimate of drug-likeness (QED) is 0.888. The lowest BCUT2D eigenvalue weighted by Gasteiger charge is -2.25. The molecule has 1 aliphatic carbocycles. The molecule has 0 unspecified atom stereocenters. The van der Waals surface area contributed by atoms with E-state index in [9.17, 15) is 13.2 Å². The topological polar surface area (TPSA) is 89.3 Å². The average Bonchev–Trinajstić information content (AvgIpc) is 2.45. The van der Waals surface area contributed by atoms with Crippen LogP contribution in [0.3, 0.4) is 0 Å². The molecule has 2 rings (SSSR count). The molecule has 0 spiro atoms. The van der Waals surface area contributed by atoms with E-state index in [2.05, 4.69) is 12.2 Å². The van der Waals surface area contributed by atoms with E-state index >= 15 is 0 Å². The van der Waals surface area contributed by atoms with Crippen LogP contribution in [0.1, 0.15) is 38.2 Å². The van der Waals surface area contributed by atoms with Gasteiger partial charge in [-0.1, -0.05) is 19.1 Å². The van der Waals surface area contributed by atoms with Gasteiger partial charge in [-0.15, -0.1) is 0 Å². The second kappa shape index (κ2) is 6.58. The Hall–Kier alpha value is -1.40. The molecule has 6 heteroatoms. The summed E-state index contributed by atoms with van der Waals surface area (Å²) in [6, 6.07) is 6.35. The molecule has 0 aromatic heterocycles. The fourth-order valence-corrected chi connectivity index (χ4v) is 3.27. The molecule has 1 saturated carbocycles. The number of sulfonamides is 1. The predicted molar refractivity (Wildman–Crippen MR) is 80.8 cm³/mol. The molecule has 3 N–H and O–H groups in total. The zero-order chi connectivity index (χ0) is 15.5. The summed E-state index contributed by atoms with van der Waals surface area (Å²) >= 11 is 0. The van der Waals surface area contributed by atoms with Crippen molar-refractivity contribution in [1.29, 1.82) is 0 Å². The van der Waals surface area contributed by atoms with Crippen molar-refractivity contribution in [1.82, 2.24) is 5.32 Å². The minimum absolute atomic E-state index is 0.0582. The Balaban J connectivity index is 1.92.